The molecule has 1 aromatic carbocycles. The van der Waals surface area contributed by atoms with Crippen LogP contribution in [-0.2, 0) is 10.0 Å². The highest BCUT2D eigenvalue weighted by molar-refractivity contribution is 9.10. The number of hydrogen-bond acceptors (Lipinski definition) is 3. The van der Waals surface area contributed by atoms with Crippen molar-refractivity contribution in [3.05, 3.63) is 22.4 Å². The van der Waals surface area contributed by atoms with Gasteiger partial charge in [0.05, 0.1) is 10.6 Å². The first kappa shape index (κ1) is 14.7. The molecule has 0 heterocycles. The van der Waals surface area contributed by atoms with Gasteiger partial charge in [-0.05, 0) is 46.8 Å². The number of hydrogen-bond donors (Lipinski definition) is 2. The van der Waals surface area contributed by atoms with Crippen molar-refractivity contribution in [1.29, 1.82) is 0 Å². The molecule has 2 unspecified atom stereocenters. The van der Waals surface area contributed by atoms with E-state index in [0.717, 1.165) is 31.4 Å². The lowest BCUT2D eigenvalue weighted by atomic mass is 10.1. The summed E-state index contributed by atoms with van der Waals surface area (Å²) in [5, 5.41) is 0. The maximum atomic E-state index is 13.2. The topological polar surface area (TPSA) is 72.2 Å². The van der Waals surface area contributed by atoms with E-state index in [4.69, 9.17) is 5.73 Å². The quantitative estimate of drug-likeness (QED) is 0.823. The molecule has 1 aromatic rings. The highest BCUT2D eigenvalue weighted by Crippen LogP contribution is 2.30. The number of nitrogens with one attached hydrogen (secondary N) is 1. The van der Waals surface area contributed by atoms with Gasteiger partial charge in [0.1, 0.15) is 5.82 Å². The molecule has 2 rings (SSSR count). The van der Waals surface area contributed by atoms with Crippen LogP contribution in [-0.4, -0.2) is 14.5 Å². The average Bonchev–Trinajstić information content (AvgIpc) is 2.69. The summed E-state index contributed by atoms with van der Waals surface area (Å²) in [6, 6.07) is 2.15. The summed E-state index contributed by atoms with van der Waals surface area (Å²) in [7, 11) is -3.69. The molecule has 0 spiro atoms. The van der Waals surface area contributed by atoms with Crippen molar-refractivity contribution >= 4 is 31.6 Å². The summed E-state index contributed by atoms with van der Waals surface area (Å²) in [6.07, 6.45) is 2.86. The van der Waals surface area contributed by atoms with Gasteiger partial charge in [-0.2, -0.15) is 0 Å². The van der Waals surface area contributed by atoms with Crippen LogP contribution in [0.25, 0.3) is 0 Å². The molecular weight excluding hydrogens is 335 g/mol. The van der Waals surface area contributed by atoms with E-state index in [2.05, 4.69) is 20.7 Å². The van der Waals surface area contributed by atoms with E-state index in [9.17, 15) is 12.8 Å². The lowest BCUT2D eigenvalue weighted by Gasteiger charge is -2.18. The van der Waals surface area contributed by atoms with E-state index in [1.54, 1.807) is 0 Å². The van der Waals surface area contributed by atoms with Crippen LogP contribution in [0.2, 0.25) is 0 Å². The van der Waals surface area contributed by atoms with Gasteiger partial charge in [-0.1, -0.05) is 13.3 Å². The molecule has 3 N–H and O–H groups in total. The zero-order valence-corrected chi connectivity index (χ0v) is 12.9. The van der Waals surface area contributed by atoms with Gasteiger partial charge in [-0.15, -0.1) is 0 Å². The van der Waals surface area contributed by atoms with E-state index in [-0.39, 0.29) is 21.1 Å². The Balaban J connectivity index is 2.32. The number of nitrogens with two attached hydrogens (primary N) is 1. The minimum atomic E-state index is -3.69. The summed E-state index contributed by atoms with van der Waals surface area (Å²) in [5.74, 6) is -0.327. The Bertz CT molecular complexity index is 592. The molecule has 1 aliphatic rings. The molecule has 1 fully saturated rings. The Morgan fingerprint density at radius 3 is 2.68 bits per heavy atom. The Morgan fingerprint density at radius 1 is 1.42 bits per heavy atom. The third-order valence-corrected chi connectivity index (χ3v) is 5.96. The minimum absolute atomic E-state index is 0.0227. The van der Waals surface area contributed by atoms with Gasteiger partial charge < -0.3 is 5.73 Å². The Labute approximate surface area is 120 Å². The predicted octanol–water partition coefficient (Wildman–Crippen LogP) is 2.64. The van der Waals surface area contributed by atoms with Crippen molar-refractivity contribution in [3.8, 4) is 0 Å². The number of rotatable bonds is 3. The molecule has 0 bridgehead atoms. The van der Waals surface area contributed by atoms with Crippen LogP contribution >= 0.6 is 15.9 Å². The molecule has 0 radical (unpaired) electrons. The number of halogens is 2. The molecule has 19 heavy (non-hydrogen) atoms. The van der Waals surface area contributed by atoms with Gasteiger partial charge in [0.15, 0.2) is 0 Å². The Morgan fingerprint density at radius 2 is 2.11 bits per heavy atom. The van der Waals surface area contributed by atoms with Gasteiger partial charge in [0.25, 0.3) is 0 Å². The monoisotopic (exact) mass is 350 g/mol. The van der Waals surface area contributed by atoms with E-state index < -0.39 is 15.8 Å². The molecule has 1 saturated carbocycles. The van der Waals surface area contributed by atoms with Crippen molar-refractivity contribution < 1.29 is 12.8 Å². The number of anilines is 1. The molecule has 0 aromatic heterocycles. The molecule has 4 nitrogen and oxygen atoms in total. The highest BCUT2D eigenvalue weighted by Gasteiger charge is 2.29. The summed E-state index contributed by atoms with van der Waals surface area (Å²) >= 11 is 3.07. The first-order valence-corrected chi connectivity index (χ1v) is 8.35. The molecule has 0 aliphatic heterocycles. The zero-order valence-electron chi connectivity index (χ0n) is 10.5. The maximum absolute atomic E-state index is 13.2. The second-order valence-electron chi connectivity index (χ2n) is 4.94. The van der Waals surface area contributed by atoms with Crippen molar-refractivity contribution in [2.24, 2.45) is 5.92 Å². The van der Waals surface area contributed by atoms with Crippen LogP contribution in [0.5, 0.6) is 0 Å². The second kappa shape index (κ2) is 5.38. The van der Waals surface area contributed by atoms with Gasteiger partial charge in [-0.25, -0.2) is 17.5 Å². The van der Waals surface area contributed by atoms with Gasteiger partial charge in [0.2, 0.25) is 10.0 Å². The van der Waals surface area contributed by atoms with Crippen molar-refractivity contribution in [3.63, 3.8) is 0 Å². The van der Waals surface area contributed by atoms with Crippen LogP contribution in [0.4, 0.5) is 10.1 Å². The van der Waals surface area contributed by atoms with Crippen LogP contribution in [0, 0.1) is 11.7 Å². The molecular formula is C12H16BrFN2O2S. The smallest absolute Gasteiger partial charge is 0.242 e. The van der Waals surface area contributed by atoms with Crippen molar-refractivity contribution in [2.45, 2.75) is 37.1 Å². The van der Waals surface area contributed by atoms with Gasteiger partial charge >= 0.3 is 0 Å². The fourth-order valence-corrected chi connectivity index (χ4v) is 4.76. The molecule has 2 atom stereocenters. The number of sulfonamides is 1. The molecule has 106 valence electrons. The molecule has 0 saturated heterocycles. The lowest BCUT2D eigenvalue weighted by molar-refractivity contribution is 0.476. The van der Waals surface area contributed by atoms with E-state index in [0.29, 0.717) is 5.92 Å². The fourth-order valence-electron chi connectivity index (χ4n) is 2.33. The van der Waals surface area contributed by atoms with Gasteiger partial charge in [-0.3, -0.25) is 0 Å². The summed E-state index contributed by atoms with van der Waals surface area (Å²) in [6.45, 7) is 2.02. The highest BCUT2D eigenvalue weighted by atomic mass is 79.9. The third-order valence-electron chi connectivity index (χ3n) is 3.51. The summed E-state index contributed by atoms with van der Waals surface area (Å²) < 4.78 is 40.7. The Hall–Kier alpha value is -0.660. The van der Waals surface area contributed by atoms with Crippen molar-refractivity contribution in [1.82, 2.24) is 4.72 Å². The van der Waals surface area contributed by atoms with Crippen LogP contribution in [0.3, 0.4) is 0 Å². The van der Waals surface area contributed by atoms with Crippen LogP contribution < -0.4 is 10.5 Å². The minimum Gasteiger partial charge on any atom is -0.396 e. The molecule has 7 heteroatoms. The lowest BCUT2D eigenvalue weighted by Crippen LogP contribution is -2.36. The largest absolute Gasteiger partial charge is 0.396 e. The fraction of sp³-hybridized carbons (Fsp3) is 0.500. The normalized spacial score (nSPS) is 23.7. The predicted molar refractivity (Wildman–Crippen MR) is 75.6 cm³/mol. The molecule has 0 amide bonds. The van der Waals surface area contributed by atoms with E-state index in [1.807, 2.05) is 6.92 Å². The second-order valence-corrected chi connectivity index (χ2v) is 7.48. The third kappa shape index (κ3) is 3.09. The average molecular weight is 351 g/mol. The van der Waals surface area contributed by atoms with Crippen LogP contribution in [0.15, 0.2) is 21.5 Å². The first-order chi connectivity index (χ1) is 8.81. The van der Waals surface area contributed by atoms with E-state index in [1.165, 1.54) is 0 Å². The molecule has 1 aliphatic carbocycles. The summed E-state index contributed by atoms with van der Waals surface area (Å²) in [5.41, 5.74) is 5.26. The SMILES string of the molecule is CC1CCCC1NS(=O)(=O)c1cc(N)c(F)cc1Br. The maximum Gasteiger partial charge on any atom is 0.242 e. The Kier molecular flexibility index (Phi) is 4.17. The van der Waals surface area contributed by atoms with Crippen LogP contribution in [0.1, 0.15) is 26.2 Å². The standard InChI is InChI=1S/C12H16BrFN2O2S/c1-7-3-2-4-11(7)16-19(17,18)12-6-10(15)9(14)5-8(12)13/h5-7,11,16H,2-4,15H2,1H3. The summed E-state index contributed by atoms with van der Waals surface area (Å²) in [4.78, 5) is -0.0227. The number of nitrogen functional groups attached to an aromatic ring is 1. The van der Waals surface area contributed by atoms with E-state index >= 15 is 0 Å². The zero-order chi connectivity index (χ0) is 14.2. The number of benzene rings is 1. The van der Waals surface area contributed by atoms with Crippen molar-refractivity contribution in [2.75, 3.05) is 5.73 Å². The van der Waals surface area contributed by atoms with Gasteiger partial charge in [0, 0.05) is 10.5 Å². The first-order valence-electron chi connectivity index (χ1n) is 6.08.